The topological polar surface area (TPSA) is 70.6 Å². The predicted molar refractivity (Wildman–Crippen MR) is 83.5 cm³/mol. The summed E-state index contributed by atoms with van der Waals surface area (Å²) >= 11 is 0. The average molecular weight is 323 g/mol. The number of pyridine rings is 1. The maximum Gasteiger partial charge on any atom is 0.272 e. The zero-order valence-electron chi connectivity index (χ0n) is 12.7. The molecule has 0 bridgehead atoms. The van der Waals surface area contributed by atoms with Gasteiger partial charge in [-0.1, -0.05) is 6.07 Å². The van der Waals surface area contributed by atoms with Crippen LogP contribution in [0, 0.1) is 6.92 Å². The van der Waals surface area contributed by atoms with E-state index in [0.717, 1.165) is 25.2 Å². The fourth-order valence-electron chi connectivity index (χ4n) is 3.18. The molecule has 2 aliphatic rings. The standard InChI is InChI=1S/C15H21N3O3S/c1-12-3-2-4-14(16-12)15(19)18-8-6-17(7-9-18)13-5-10-22(20,21)11-13/h2-4,13H,5-11H2,1H3/t13-/m0/s1. The molecule has 120 valence electrons. The molecule has 6 nitrogen and oxygen atoms in total. The molecule has 1 aromatic heterocycles. The molecule has 7 heteroatoms. The minimum absolute atomic E-state index is 0.0395. The Balaban J connectivity index is 1.59. The zero-order chi connectivity index (χ0) is 15.7. The molecule has 22 heavy (non-hydrogen) atoms. The third-order valence-electron chi connectivity index (χ3n) is 4.43. The van der Waals surface area contributed by atoms with Gasteiger partial charge in [-0.2, -0.15) is 0 Å². The number of nitrogens with zero attached hydrogens (tertiary/aromatic N) is 3. The van der Waals surface area contributed by atoms with Gasteiger partial charge in [-0.15, -0.1) is 0 Å². The van der Waals surface area contributed by atoms with Gasteiger partial charge in [0.15, 0.2) is 9.84 Å². The Kier molecular flexibility index (Phi) is 4.18. The SMILES string of the molecule is Cc1cccc(C(=O)N2CCN([C@H]3CCS(=O)(=O)C3)CC2)n1. The third-order valence-corrected chi connectivity index (χ3v) is 6.18. The van der Waals surface area contributed by atoms with Crippen molar-refractivity contribution in [2.24, 2.45) is 0 Å². The van der Waals surface area contributed by atoms with Gasteiger partial charge in [0, 0.05) is 37.9 Å². The van der Waals surface area contributed by atoms with E-state index in [0.29, 0.717) is 24.5 Å². The van der Waals surface area contributed by atoms with Crippen LogP contribution in [0.1, 0.15) is 22.6 Å². The number of amides is 1. The number of hydrogen-bond acceptors (Lipinski definition) is 5. The van der Waals surface area contributed by atoms with E-state index in [4.69, 9.17) is 0 Å². The molecule has 3 rings (SSSR count). The quantitative estimate of drug-likeness (QED) is 0.785. The number of aryl methyl sites for hydroxylation is 1. The van der Waals surface area contributed by atoms with Gasteiger partial charge in [-0.05, 0) is 25.5 Å². The van der Waals surface area contributed by atoms with Crippen molar-refractivity contribution >= 4 is 15.7 Å². The highest BCUT2D eigenvalue weighted by molar-refractivity contribution is 7.91. The van der Waals surface area contributed by atoms with Gasteiger partial charge in [0.2, 0.25) is 0 Å². The van der Waals surface area contributed by atoms with Crippen molar-refractivity contribution in [3.63, 3.8) is 0 Å². The van der Waals surface area contributed by atoms with Crippen molar-refractivity contribution in [3.05, 3.63) is 29.6 Å². The molecule has 0 aliphatic carbocycles. The molecule has 0 spiro atoms. The van der Waals surface area contributed by atoms with E-state index in [9.17, 15) is 13.2 Å². The van der Waals surface area contributed by atoms with Crippen molar-refractivity contribution in [3.8, 4) is 0 Å². The Morgan fingerprint density at radius 2 is 1.95 bits per heavy atom. The van der Waals surface area contributed by atoms with Crippen LogP contribution >= 0.6 is 0 Å². The second kappa shape index (κ2) is 5.96. The summed E-state index contributed by atoms with van der Waals surface area (Å²) in [5.41, 5.74) is 1.32. The van der Waals surface area contributed by atoms with Crippen molar-refractivity contribution in [1.82, 2.24) is 14.8 Å². The summed E-state index contributed by atoms with van der Waals surface area (Å²) in [6, 6.07) is 5.58. The van der Waals surface area contributed by atoms with Gasteiger partial charge >= 0.3 is 0 Å². The number of rotatable bonds is 2. The average Bonchev–Trinajstić information content (AvgIpc) is 2.87. The second-order valence-electron chi connectivity index (χ2n) is 6.05. The van der Waals surface area contributed by atoms with Crippen molar-refractivity contribution in [2.75, 3.05) is 37.7 Å². The molecule has 2 saturated heterocycles. The van der Waals surface area contributed by atoms with Crippen LogP contribution in [0.25, 0.3) is 0 Å². The number of piperazine rings is 1. The van der Waals surface area contributed by atoms with Gasteiger partial charge in [-0.25, -0.2) is 13.4 Å². The lowest BCUT2D eigenvalue weighted by molar-refractivity contribution is 0.0582. The molecule has 2 aliphatic heterocycles. The number of aromatic nitrogens is 1. The first kappa shape index (κ1) is 15.4. The maximum atomic E-state index is 12.4. The molecule has 2 fully saturated rings. The molecule has 1 aromatic rings. The van der Waals surface area contributed by atoms with E-state index >= 15 is 0 Å². The Labute approximate surface area is 131 Å². The van der Waals surface area contributed by atoms with Gasteiger partial charge in [0.05, 0.1) is 11.5 Å². The van der Waals surface area contributed by atoms with E-state index in [1.165, 1.54) is 0 Å². The van der Waals surface area contributed by atoms with Gasteiger partial charge in [0.1, 0.15) is 5.69 Å². The monoisotopic (exact) mass is 323 g/mol. The lowest BCUT2D eigenvalue weighted by Crippen LogP contribution is -2.52. The highest BCUT2D eigenvalue weighted by Gasteiger charge is 2.34. The van der Waals surface area contributed by atoms with Crippen LogP contribution in [-0.4, -0.2) is 72.8 Å². The number of hydrogen-bond donors (Lipinski definition) is 0. The first-order valence-corrected chi connectivity index (χ1v) is 9.44. The van der Waals surface area contributed by atoms with Crippen molar-refractivity contribution < 1.29 is 13.2 Å². The summed E-state index contributed by atoms with van der Waals surface area (Å²) in [5.74, 6) is 0.520. The van der Waals surface area contributed by atoms with E-state index < -0.39 is 9.84 Å². The summed E-state index contributed by atoms with van der Waals surface area (Å²) in [7, 11) is -2.85. The van der Waals surface area contributed by atoms with Crippen LogP contribution in [0.5, 0.6) is 0 Å². The summed E-state index contributed by atoms with van der Waals surface area (Å²) in [6.07, 6.45) is 0.718. The molecule has 0 saturated carbocycles. The maximum absolute atomic E-state index is 12.4. The molecule has 3 heterocycles. The van der Waals surface area contributed by atoms with Crippen LogP contribution in [0.3, 0.4) is 0 Å². The van der Waals surface area contributed by atoms with Crippen LogP contribution in [0.2, 0.25) is 0 Å². The lowest BCUT2D eigenvalue weighted by atomic mass is 10.2. The summed E-state index contributed by atoms with van der Waals surface area (Å²) in [4.78, 5) is 20.7. The zero-order valence-corrected chi connectivity index (χ0v) is 13.6. The van der Waals surface area contributed by atoms with E-state index in [1.54, 1.807) is 6.07 Å². The summed E-state index contributed by atoms with van der Waals surface area (Å²) in [6.45, 7) is 4.60. The third kappa shape index (κ3) is 3.30. The molecule has 0 aromatic carbocycles. The number of carbonyl (C=O) groups excluding carboxylic acids is 1. The minimum Gasteiger partial charge on any atom is -0.335 e. The van der Waals surface area contributed by atoms with Crippen molar-refractivity contribution in [2.45, 2.75) is 19.4 Å². The Morgan fingerprint density at radius 1 is 1.23 bits per heavy atom. The largest absolute Gasteiger partial charge is 0.335 e. The summed E-state index contributed by atoms with van der Waals surface area (Å²) in [5, 5.41) is 0. The molecular formula is C15H21N3O3S. The Morgan fingerprint density at radius 3 is 2.55 bits per heavy atom. The van der Waals surface area contributed by atoms with Crippen molar-refractivity contribution in [1.29, 1.82) is 0 Å². The van der Waals surface area contributed by atoms with Crippen LogP contribution in [0.4, 0.5) is 0 Å². The van der Waals surface area contributed by atoms with Crippen LogP contribution in [0.15, 0.2) is 18.2 Å². The minimum atomic E-state index is -2.85. The smallest absolute Gasteiger partial charge is 0.272 e. The van der Waals surface area contributed by atoms with E-state index in [-0.39, 0.29) is 17.7 Å². The highest BCUT2D eigenvalue weighted by atomic mass is 32.2. The van der Waals surface area contributed by atoms with E-state index in [1.807, 2.05) is 24.0 Å². The second-order valence-corrected chi connectivity index (χ2v) is 8.28. The fraction of sp³-hybridized carbons (Fsp3) is 0.600. The van der Waals surface area contributed by atoms with Gasteiger partial charge in [0.25, 0.3) is 5.91 Å². The first-order chi connectivity index (χ1) is 10.4. The first-order valence-electron chi connectivity index (χ1n) is 7.62. The molecule has 0 radical (unpaired) electrons. The van der Waals surface area contributed by atoms with Gasteiger partial charge in [-0.3, -0.25) is 9.69 Å². The van der Waals surface area contributed by atoms with E-state index in [2.05, 4.69) is 9.88 Å². The molecule has 1 amide bonds. The van der Waals surface area contributed by atoms with Crippen LogP contribution in [-0.2, 0) is 9.84 Å². The van der Waals surface area contributed by atoms with Crippen LogP contribution < -0.4 is 0 Å². The molecule has 0 unspecified atom stereocenters. The Bertz CT molecular complexity index is 666. The molecule has 1 atom stereocenters. The number of carbonyl (C=O) groups is 1. The summed E-state index contributed by atoms with van der Waals surface area (Å²) < 4.78 is 23.1. The predicted octanol–water partition coefficient (Wildman–Crippen LogP) is 0.335. The molecule has 0 N–H and O–H groups in total. The Hall–Kier alpha value is -1.47. The van der Waals surface area contributed by atoms with Gasteiger partial charge < -0.3 is 4.90 Å². The normalized spacial score (nSPS) is 25.3. The molecular weight excluding hydrogens is 302 g/mol. The lowest BCUT2D eigenvalue weighted by Gasteiger charge is -2.37. The fourth-order valence-corrected chi connectivity index (χ4v) is 4.94. The number of sulfone groups is 1. The highest BCUT2D eigenvalue weighted by Crippen LogP contribution is 2.19.